The van der Waals surface area contributed by atoms with Gasteiger partial charge >= 0.3 is 0 Å². The molecule has 0 fully saturated rings. The van der Waals surface area contributed by atoms with Gasteiger partial charge in [-0.15, -0.1) is 0 Å². The molecule has 0 aliphatic carbocycles. The van der Waals surface area contributed by atoms with E-state index in [2.05, 4.69) is 52.0 Å². The molecule has 0 aliphatic rings. The molecule has 3 nitrogen and oxygen atoms in total. The Bertz CT molecular complexity index is 593. The van der Waals surface area contributed by atoms with Gasteiger partial charge < -0.3 is 5.32 Å². The van der Waals surface area contributed by atoms with Crippen LogP contribution < -0.4 is 5.32 Å². The molecule has 19 heavy (non-hydrogen) atoms. The van der Waals surface area contributed by atoms with Crippen LogP contribution in [0.5, 0.6) is 0 Å². The molecule has 0 aliphatic heterocycles. The molecule has 0 saturated heterocycles. The van der Waals surface area contributed by atoms with E-state index < -0.39 is 0 Å². The number of hydrogen-bond donors (Lipinski definition) is 1. The lowest BCUT2D eigenvalue weighted by Gasteiger charge is -2.18. The first-order valence-corrected chi connectivity index (χ1v) is 7.09. The quantitative estimate of drug-likeness (QED) is 0.787. The smallest absolute Gasteiger partial charge is 0.137 e. The highest BCUT2D eigenvalue weighted by molar-refractivity contribution is 9.10. The molecule has 1 N–H and O–H groups in total. The van der Waals surface area contributed by atoms with Crippen molar-refractivity contribution in [1.82, 2.24) is 9.97 Å². The normalized spacial score (nSPS) is 11.4. The van der Waals surface area contributed by atoms with Gasteiger partial charge in [0.05, 0.1) is 0 Å². The van der Waals surface area contributed by atoms with E-state index in [0.29, 0.717) is 5.02 Å². The third-order valence-electron chi connectivity index (χ3n) is 2.46. The van der Waals surface area contributed by atoms with E-state index >= 15 is 0 Å². The number of anilines is 2. The van der Waals surface area contributed by atoms with Crippen molar-refractivity contribution < 1.29 is 0 Å². The maximum absolute atomic E-state index is 5.96. The van der Waals surface area contributed by atoms with Crippen molar-refractivity contribution in [3.8, 4) is 0 Å². The van der Waals surface area contributed by atoms with Crippen molar-refractivity contribution in [3.05, 3.63) is 45.8 Å². The minimum absolute atomic E-state index is 0.103. The standard InChI is InChI=1S/C14H15BrClN3/c1-14(2,3)13-18-11(15)8-12(19-13)17-10-6-4-5-9(16)7-10/h4-8H,1-3H3,(H,17,18,19). The van der Waals surface area contributed by atoms with Crippen LogP contribution in [0.25, 0.3) is 0 Å². The lowest BCUT2D eigenvalue weighted by atomic mass is 9.96. The van der Waals surface area contributed by atoms with Crippen LogP contribution in [-0.2, 0) is 5.41 Å². The summed E-state index contributed by atoms with van der Waals surface area (Å²) in [7, 11) is 0. The van der Waals surface area contributed by atoms with Gasteiger partial charge in [-0.1, -0.05) is 38.4 Å². The second-order valence-corrected chi connectivity index (χ2v) is 6.53. The second-order valence-electron chi connectivity index (χ2n) is 5.28. The minimum Gasteiger partial charge on any atom is -0.340 e. The van der Waals surface area contributed by atoms with Gasteiger partial charge in [-0.2, -0.15) is 0 Å². The molecule has 2 aromatic rings. The van der Waals surface area contributed by atoms with Gasteiger partial charge in [0.1, 0.15) is 16.2 Å². The number of aromatic nitrogens is 2. The lowest BCUT2D eigenvalue weighted by Crippen LogP contribution is -2.16. The Labute approximate surface area is 126 Å². The Morgan fingerprint density at radius 3 is 2.53 bits per heavy atom. The predicted molar refractivity (Wildman–Crippen MR) is 83.2 cm³/mol. The van der Waals surface area contributed by atoms with Gasteiger partial charge in [0.15, 0.2) is 0 Å². The highest BCUT2D eigenvalue weighted by Gasteiger charge is 2.18. The van der Waals surface area contributed by atoms with Gasteiger partial charge in [-0.05, 0) is 34.1 Å². The summed E-state index contributed by atoms with van der Waals surface area (Å²) >= 11 is 9.38. The summed E-state index contributed by atoms with van der Waals surface area (Å²) in [5.74, 6) is 1.53. The fraction of sp³-hybridized carbons (Fsp3) is 0.286. The molecule has 0 radical (unpaired) electrons. The molecule has 1 aromatic heterocycles. The summed E-state index contributed by atoms with van der Waals surface area (Å²) in [4.78, 5) is 8.94. The summed E-state index contributed by atoms with van der Waals surface area (Å²) < 4.78 is 0.761. The molecule has 0 saturated carbocycles. The molecule has 5 heteroatoms. The summed E-state index contributed by atoms with van der Waals surface area (Å²) in [5, 5.41) is 3.92. The van der Waals surface area contributed by atoms with Crippen molar-refractivity contribution in [3.63, 3.8) is 0 Å². The van der Waals surface area contributed by atoms with Crippen molar-refractivity contribution in [1.29, 1.82) is 0 Å². The third-order valence-corrected chi connectivity index (χ3v) is 3.10. The lowest BCUT2D eigenvalue weighted by molar-refractivity contribution is 0.544. The molecule has 2 rings (SSSR count). The minimum atomic E-state index is -0.103. The van der Waals surface area contributed by atoms with Crippen LogP contribution in [0, 0.1) is 0 Å². The Hall–Kier alpha value is -1.13. The zero-order valence-corrected chi connectivity index (χ0v) is 13.4. The van der Waals surface area contributed by atoms with Crippen molar-refractivity contribution in [2.24, 2.45) is 0 Å². The maximum atomic E-state index is 5.96. The van der Waals surface area contributed by atoms with Crippen LogP contribution >= 0.6 is 27.5 Å². The number of nitrogens with one attached hydrogen (secondary N) is 1. The number of hydrogen-bond acceptors (Lipinski definition) is 3. The van der Waals surface area contributed by atoms with Crippen LogP contribution in [0.2, 0.25) is 5.02 Å². The summed E-state index contributed by atoms with van der Waals surface area (Å²) in [6.07, 6.45) is 0. The van der Waals surface area contributed by atoms with E-state index in [1.165, 1.54) is 0 Å². The number of halogens is 2. The van der Waals surface area contributed by atoms with E-state index in [0.717, 1.165) is 21.9 Å². The molecule has 1 aromatic carbocycles. The molecule has 100 valence electrons. The molecule has 0 spiro atoms. The maximum Gasteiger partial charge on any atom is 0.137 e. The van der Waals surface area contributed by atoms with Gasteiger partial charge in [0.2, 0.25) is 0 Å². The summed E-state index contributed by atoms with van der Waals surface area (Å²) in [5.41, 5.74) is 0.798. The predicted octanol–water partition coefficient (Wildman–Crippen LogP) is 4.93. The Kier molecular flexibility index (Phi) is 4.11. The molecular formula is C14H15BrClN3. The van der Waals surface area contributed by atoms with Crippen molar-refractivity contribution in [2.75, 3.05) is 5.32 Å². The summed E-state index contributed by atoms with van der Waals surface area (Å²) in [6, 6.07) is 9.37. The SMILES string of the molecule is CC(C)(C)c1nc(Br)cc(Nc2cccc(Cl)c2)n1. The van der Waals surface area contributed by atoms with E-state index in [-0.39, 0.29) is 5.41 Å². The van der Waals surface area contributed by atoms with E-state index in [9.17, 15) is 0 Å². The third kappa shape index (κ3) is 3.91. The zero-order valence-electron chi connectivity index (χ0n) is 11.0. The largest absolute Gasteiger partial charge is 0.340 e. The Balaban J connectivity index is 2.33. The van der Waals surface area contributed by atoms with Gasteiger partial charge in [0.25, 0.3) is 0 Å². The molecule has 0 atom stereocenters. The number of nitrogens with zero attached hydrogens (tertiary/aromatic N) is 2. The number of benzene rings is 1. The first kappa shape index (κ1) is 14.3. The fourth-order valence-electron chi connectivity index (χ4n) is 1.53. The van der Waals surface area contributed by atoms with Gasteiger partial charge in [0, 0.05) is 22.2 Å². The van der Waals surface area contributed by atoms with Gasteiger partial charge in [-0.25, -0.2) is 9.97 Å². The second kappa shape index (κ2) is 5.47. The molecule has 0 unspecified atom stereocenters. The first-order chi connectivity index (χ1) is 8.84. The zero-order chi connectivity index (χ0) is 14.0. The van der Waals surface area contributed by atoms with Crippen LogP contribution in [0.4, 0.5) is 11.5 Å². The molecular weight excluding hydrogens is 326 g/mol. The van der Waals surface area contributed by atoms with E-state index in [4.69, 9.17) is 11.6 Å². The van der Waals surface area contributed by atoms with E-state index in [1.807, 2.05) is 30.3 Å². The average Bonchev–Trinajstić information content (AvgIpc) is 2.26. The molecule has 0 bridgehead atoms. The summed E-state index contributed by atoms with van der Waals surface area (Å²) in [6.45, 7) is 6.24. The highest BCUT2D eigenvalue weighted by Crippen LogP contribution is 2.25. The van der Waals surface area contributed by atoms with Crippen LogP contribution in [0.1, 0.15) is 26.6 Å². The van der Waals surface area contributed by atoms with E-state index in [1.54, 1.807) is 0 Å². The van der Waals surface area contributed by atoms with Crippen molar-refractivity contribution in [2.45, 2.75) is 26.2 Å². The van der Waals surface area contributed by atoms with Crippen LogP contribution in [-0.4, -0.2) is 9.97 Å². The first-order valence-electron chi connectivity index (χ1n) is 5.92. The fourth-order valence-corrected chi connectivity index (χ4v) is 2.11. The molecule has 1 heterocycles. The van der Waals surface area contributed by atoms with Gasteiger partial charge in [-0.3, -0.25) is 0 Å². The molecule has 0 amide bonds. The van der Waals surface area contributed by atoms with Crippen molar-refractivity contribution >= 4 is 39.0 Å². The van der Waals surface area contributed by atoms with Crippen LogP contribution in [0.15, 0.2) is 34.9 Å². The topological polar surface area (TPSA) is 37.8 Å². The highest BCUT2D eigenvalue weighted by atomic mass is 79.9. The number of rotatable bonds is 2. The Morgan fingerprint density at radius 2 is 1.89 bits per heavy atom. The monoisotopic (exact) mass is 339 g/mol. The average molecular weight is 341 g/mol. The van der Waals surface area contributed by atoms with Crippen LogP contribution in [0.3, 0.4) is 0 Å². The Morgan fingerprint density at radius 1 is 1.16 bits per heavy atom.